The van der Waals surface area contributed by atoms with Crippen molar-refractivity contribution in [3.8, 4) is 5.69 Å². The third kappa shape index (κ3) is 4.83. The van der Waals surface area contributed by atoms with Gasteiger partial charge in [-0.15, -0.1) is 0 Å². The molecule has 0 spiro atoms. The third-order valence-corrected chi connectivity index (χ3v) is 4.16. The Morgan fingerprint density at radius 3 is 2.81 bits per heavy atom. The normalized spacial score (nSPS) is 11.4. The maximum Gasteiger partial charge on any atom is 0.191 e. The molecule has 0 aliphatic rings. The Bertz CT molecular complexity index is 843. The Balaban J connectivity index is 1.54. The first-order valence-electron chi connectivity index (χ1n) is 8.37. The van der Waals surface area contributed by atoms with E-state index in [0.29, 0.717) is 11.7 Å². The van der Waals surface area contributed by atoms with Crippen LogP contribution in [-0.2, 0) is 13.0 Å². The van der Waals surface area contributed by atoms with Gasteiger partial charge in [-0.25, -0.2) is 9.97 Å². The molecule has 0 fully saturated rings. The smallest absolute Gasteiger partial charge is 0.191 e. The zero-order valence-corrected chi connectivity index (χ0v) is 15.3. The number of pyridine rings is 1. The third-order valence-electron chi connectivity index (χ3n) is 3.94. The molecule has 7 heteroatoms. The Morgan fingerprint density at radius 1 is 1.19 bits per heavy atom. The molecule has 0 aliphatic carbocycles. The van der Waals surface area contributed by atoms with E-state index in [-0.39, 0.29) is 0 Å². The van der Waals surface area contributed by atoms with Crippen molar-refractivity contribution in [2.75, 3.05) is 13.6 Å². The minimum absolute atomic E-state index is 0.510. The average Bonchev–Trinajstić information content (AvgIpc) is 3.21. The number of aromatic nitrogens is 3. The second kappa shape index (κ2) is 9.01. The number of aliphatic imine (C=N–C) groups is 1. The van der Waals surface area contributed by atoms with Gasteiger partial charge in [-0.2, -0.15) is 0 Å². The molecule has 0 saturated heterocycles. The van der Waals surface area contributed by atoms with Gasteiger partial charge in [-0.1, -0.05) is 35.9 Å². The summed E-state index contributed by atoms with van der Waals surface area (Å²) in [5.41, 5.74) is 3.39. The number of rotatable bonds is 6. The fraction of sp³-hybridized carbons (Fsp3) is 0.211. The maximum absolute atomic E-state index is 5.81. The minimum atomic E-state index is 0.510. The molecular formula is C19H21ClN6. The van der Waals surface area contributed by atoms with Crippen LogP contribution in [-0.4, -0.2) is 34.1 Å². The van der Waals surface area contributed by atoms with Crippen molar-refractivity contribution in [3.05, 3.63) is 77.6 Å². The number of guanidine groups is 1. The fourth-order valence-electron chi connectivity index (χ4n) is 2.59. The van der Waals surface area contributed by atoms with Crippen molar-refractivity contribution in [1.29, 1.82) is 0 Å². The summed E-state index contributed by atoms with van der Waals surface area (Å²) in [6.45, 7) is 1.42. The van der Waals surface area contributed by atoms with Gasteiger partial charge in [0.15, 0.2) is 5.96 Å². The van der Waals surface area contributed by atoms with Crippen molar-refractivity contribution in [2.45, 2.75) is 13.0 Å². The van der Waals surface area contributed by atoms with Crippen LogP contribution in [0.25, 0.3) is 5.69 Å². The van der Waals surface area contributed by atoms with Crippen LogP contribution in [0.1, 0.15) is 11.1 Å². The van der Waals surface area contributed by atoms with Crippen LogP contribution in [0.5, 0.6) is 0 Å². The summed E-state index contributed by atoms with van der Waals surface area (Å²) in [6.07, 6.45) is 8.15. The Hall–Kier alpha value is -2.86. The zero-order chi connectivity index (χ0) is 18.2. The molecular weight excluding hydrogens is 348 g/mol. The number of nitrogens with one attached hydrogen (secondary N) is 2. The zero-order valence-electron chi connectivity index (χ0n) is 14.6. The highest BCUT2D eigenvalue weighted by Gasteiger charge is 2.05. The predicted octanol–water partition coefficient (Wildman–Crippen LogP) is 2.83. The lowest BCUT2D eigenvalue weighted by Crippen LogP contribution is -2.38. The molecule has 6 nitrogen and oxygen atoms in total. The molecule has 0 saturated carbocycles. The summed E-state index contributed by atoms with van der Waals surface area (Å²) in [7, 11) is 1.76. The van der Waals surface area contributed by atoms with E-state index < -0.39 is 0 Å². The van der Waals surface area contributed by atoms with Crippen molar-refractivity contribution in [1.82, 2.24) is 25.2 Å². The van der Waals surface area contributed by atoms with Crippen molar-refractivity contribution < 1.29 is 0 Å². The summed E-state index contributed by atoms with van der Waals surface area (Å²) < 4.78 is 2.00. The lowest BCUT2D eigenvalue weighted by atomic mass is 10.1. The molecule has 0 aliphatic heterocycles. The topological polar surface area (TPSA) is 67.1 Å². The molecule has 2 N–H and O–H groups in total. The van der Waals surface area contributed by atoms with E-state index >= 15 is 0 Å². The van der Waals surface area contributed by atoms with Crippen LogP contribution in [0.2, 0.25) is 5.15 Å². The summed E-state index contributed by atoms with van der Waals surface area (Å²) in [5.74, 6) is 0.757. The molecule has 0 bridgehead atoms. The molecule has 1 aromatic carbocycles. The molecule has 0 unspecified atom stereocenters. The summed E-state index contributed by atoms with van der Waals surface area (Å²) >= 11 is 5.81. The first-order valence-corrected chi connectivity index (χ1v) is 8.75. The molecule has 3 rings (SSSR count). The van der Waals surface area contributed by atoms with E-state index in [4.69, 9.17) is 11.6 Å². The molecule has 0 atom stereocenters. The van der Waals surface area contributed by atoms with Gasteiger partial charge in [0, 0.05) is 38.7 Å². The van der Waals surface area contributed by atoms with Crippen LogP contribution in [0.3, 0.4) is 0 Å². The number of hydrogen-bond donors (Lipinski definition) is 2. The van der Waals surface area contributed by atoms with Gasteiger partial charge in [-0.05, 0) is 29.7 Å². The van der Waals surface area contributed by atoms with E-state index in [2.05, 4.69) is 37.7 Å². The lowest BCUT2D eigenvalue weighted by molar-refractivity contribution is 0.789. The van der Waals surface area contributed by atoms with Crippen molar-refractivity contribution in [2.24, 2.45) is 4.99 Å². The van der Waals surface area contributed by atoms with Gasteiger partial charge < -0.3 is 15.2 Å². The predicted molar refractivity (Wildman–Crippen MR) is 105 cm³/mol. The second-order valence-electron chi connectivity index (χ2n) is 5.69. The van der Waals surface area contributed by atoms with Crippen molar-refractivity contribution in [3.63, 3.8) is 0 Å². The summed E-state index contributed by atoms with van der Waals surface area (Å²) in [6, 6.07) is 12.0. The van der Waals surface area contributed by atoms with Gasteiger partial charge in [0.05, 0.1) is 12.0 Å². The number of hydrogen-bond acceptors (Lipinski definition) is 3. The molecule has 2 aromatic heterocycles. The molecule has 134 valence electrons. The minimum Gasteiger partial charge on any atom is -0.356 e. The average molecular weight is 369 g/mol. The number of halogens is 1. The van der Waals surface area contributed by atoms with Gasteiger partial charge >= 0.3 is 0 Å². The highest BCUT2D eigenvalue weighted by atomic mass is 35.5. The van der Waals surface area contributed by atoms with E-state index in [1.807, 2.05) is 29.0 Å². The standard InChI is InChI=1S/C19H21ClN6/c1-21-19(23-9-8-15-6-7-18(20)24-12-15)25-13-16-4-2-3-5-17(16)26-11-10-22-14-26/h2-7,10-12,14H,8-9,13H2,1H3,(H2,21,23,25). The van der Waals surface area contributed by atoms with Crippen LogP contribution in [0.4, 0.5) is 0 Å². The van der Waals surface area contributed by atoms with Crippen LogP contribution < -0.4 is 10.6 Å². The molecule has 0 radical (unpaired) electrons. The number of para-hydroxylation sites is 1. The first-order chi connectivity index (χ1) is 12.8. The Morgan fingerprint density at radius 2 is 2.08 bits per heavy atom. The van der Waals surface area contributed by atoms with Crippen LogP contribution in [0, 0.1) is 0 Å². The van der Waals surface area contributed by atoms with Gasteiger partial charge in [0.1, 0.15) is 5.15 Å². The van der Waals surface area contributed by atoms with E-state index in [9.17, 15) is 0 Å². The van der Waals surface area contributed by atoms with Gasteiger partial charge in [0.2, 0.25) is 0 Å². The molecule has 3 aromatic rings. The second-order valence-corrected chi connectivity index (χ2v) is 6.08. The van der Waals surface area contributed by atoms with Gasteiger partial charge in [-0.3, -0.25) is 4.99 Å². The molecule has 2 heterocycles. The number of benzene rings is 1. The van der Waals surface area contributed by atoms with E-state index in [1.165, 1.54) is 0 Å². The van der Waals surface area contributed by atoms with E-state index in [0.717, 1.165) is 35.7 Å². The fourth-order valence-corrected chi connectivity index (χ4v) is 2.70. The molecule has 0 amide bonds. The molecule has 26 heavy (non-hydrogen) atoms. The largest absolute Gasteiger partial charge is 0.356 e. The highest BCUT2D eigenvalue weighted by Crippen LogP contribution is 2.13. The highest BCUT2D eigenvalue weighted by molar-refractivity contribution is 6.29. The number of nitrogens with zero attached hydrogens (tertiary/aromatic N) is 4. The lowest BCUT2D eigenvalue weighted by Gasteiger charge is -2.14. The van der Waals surface area contributed by atoms with Crippen molar-refractivity contribution >= 4 is 17.6 Å². The number of imidazole rings is 1. The van der Waals surface area contributed by atoms with Crippen LogP contribution >= 0.6 is 11.6 Å². The summed E-state index contributed by atoms with van der Waals surface area (Å²) in [5, 5.41) is 7.18. The van der Waals surface area contributed by atoms with Gasteiger partial charge in [0.25, 0.3) is 0 Å². The monoisotopic (exact) mass is 368 g/mol. The maximum atomic E-state index is 5.81. The Kier molecular flexibility index (Phi) is 6.22. The Labute approximate surface area is 158 Å². The quantitative estimate of drug-likeness (QED) is 0.399. The summed E-state index contributed by atoms with van der Waals surface area (Å²) in [4.78, 5) is 12.5. The first kappa shape index (κ1) is 17.9. The van der Waals surface area contributed by atoms with E-state index in [1.54, 1.807) is 31.8 Å². The SMILES string of the molecule is CN=C(NCCc1ccc(Cl)nc1)NCc1ccccc1-n1ccnc1. The van der Waals surface area contributed by atoms with Crippen LogP contribution in [0.15, 0.2) is 66.3 Å².